The molecular formula is C23H25ClF2N2O4. The van der Waals surface area contributed by atoms with E-state index in [1.54, 1.807) is 24.0 Å². The summed E-state index contributed by atoms with van der Waals surface area (Å²) in [5, 5.41) is 14.2. The molecule has 2 N–H and O–H groups in total. The molecular weight excluding hydrogens is 442 g/mol. The van der Waals surface area contributed by atoms with E-state index in [2.05, 4.69) is 5.32 Å². The van der Waals surface area contributed by atoms with Gasteiger partial charge < -0.3 is 24.8 Å². The number of fused-ring (bicyclic) bond motifs is 1. The molecule has 0 saturated carbocycles. The second kappa shape index (κ2) is 9.11. The van der Waals surface area contributed by atoms with E-state index in [0.29, 0.717) is 55.2 Å². The highest BCUT2D eigenvalue weighted by Gasteiger charge is 2.35. The molecule has 32 heavy (non-hydrogen) atoms. The molecule has 2 aromatic carbocycles. The Hall–Kier alpha value is -2.58. The lowest BCUT2D eigenvalue weighted by Gasteiger charge is -2.39. The van der Waals surface area contributed by atoms with E-state index in [4.69, 9.17) is 21.1 Å². The number of nitrogens with one attached hydrogen (secondary N) is 1. The van der Waals surface area contributed by atoms with Crippen molar-refractivity contribution >= 4 is 28.9 Å². The number of carbonyl (C=O) groups is 1. The van der Waals surface area contributed by atoms with Crippen LogP contribution in [-0.4, -0.2) is 42.9 Å². The second-order valence-corrected chi connectivity index (χ2v) is 8.52. The quantitative estimate of drug-likeness (QED) is 0.663. The Morgan fingerprint density at radius 2 is 1.88 bits per heavy atom. The lowest BCUT2D eigenvalue weighted by atomic mass is 9.92. The van der Waals surface area contributed by atoms with Gasteiger partial charge in [-0.2, -0.15) is 0 Å². The fourth-order valence-corrected chi connectivity index (χ4v) is 4.33. The van der Waals surface area contributed by atoms with Crippen molar-refractivity contribution in [2.45, 2.75) is 38.2 Å². The summed E-state index contributed by atoms with van der Waals surface area (Å²) in [5.41, 5.74) is 0.523. The third-order valence-electron chi connectivity index (χ3n) is 5.92. The van der Waals surface area contributed by atoms with Crippen LogP contribution in [0.4, 0.5) is 20.2 Å². The predicted molar refractivity (Wildman–Crippen MR) is 118 cm³/mol. The largest absolute Gasteiger partial charge is 0.491 e. The number of piperidine rings is 1. The zero-order valence-corrected chi connectivity index (χ0v) is 18.5. The van der Waals surface area contributed by atoms with Crippen molar-refractivity contribution in [3.8, 4) is 11.5 Å². The van der Waals surface area contributed by atoms with Crippen molar-refractivity contribution in [3.05, 3.63) is 46.5 Å². The average molecular weight is 467 g/mol. The van der Waals surface area contributed by atoms with Gasteiger partial charge in [0.15, 0.2) is 11.6 Å². The number of hydrogen-bond donors (Lipinski definition) is 2. The average Bonchev–Trinajstić information content (AvgIpc) is 2.76. The first-order chi connectivity index (χ1) is 15.3. The monoisotopic (exact) mass is 466 g/mol. The van der Waals surface area contributed by atoms with Gasteiger partial charge in [-0.1, -0.05) is 11.6 Å². The maximum absolute atomic E-state index is 14.4. The van der Waals surface area contributed by atoms with Gasteiger partial charge in [0.1, 0.15) is 23.8 Å². The zero-order chi connectivity index (χ0) is 22.9. The Kier molecular flexibility index (Phi) is 6.44. The molecule has 0 aliphatic carbocycles. The van der Waals surface area contributed by atoms with Crippen molar-refractivity contribution in [2.75, 3.05) is 36.5 Å². The van der Waals surface area contributed by atoms with Crippen LogP contribution in [0.1, 0.15) is 31.7 Å². The summed E-state index contributed by atoms with van der Waals surface area (Å²) in [6.07, 6.45) is 1.55. The standard InChI is InChI=1S/C23H25ClF2N2O4/c1-2-31-20-12-18(16(25)11-17(20)26)28-9-7-23(30,8-10-28)13-32-19-5-4-15(24)22-14(19)3-6-21(29)27-22/h4-5,11-12,30H,2-3,6-10,13H2,1H3,(H,27,29). The van der Waals surface area contributed by atoms with Crippen molar-refractivity contribution in [3.63, 3.8) is 0 Å². The molecule has 1 fully saturated rings. The number of aliphatic hydroxyl groups is 1. The summed E-state index contributed by atoms with van der Waals surface area (Å²) in [6.45, 7) is 2.82. The fraction of sp³-hybridized carbons (Fsp3) is 0.435. The van der Waals surface area contributed by atoms with Crippen LogP contribution in [0.25, 0.3) is 0 Å². The lowest BCUT2D eigenvalue weighted by molar-refractivity contribution is -0.116. The molecule has 2 aliphatic heterocycles. The van der Waals surface area contributed by atoms with Gasteiger partial charge in [-0.15, -0.1) is 0 Å². The Morgan fingerprint density at radius 3 is 2.59 bits per heavy atom. The van der Waals surface area contributed by atoms with Crippen molar-refractivity contribution in [1.29, 1.82) is 0 Å². The van der Waals surface area contributed by atoms with Gasteiger partial charge in [-0.25, -0.2) is 8.78 Å². The topological polar surface area (TPSA) is 71.0 Å². The molecule has 0 atom stereocenters. The van der Waals surface area contributed by atoms with E-state index in [9.17, 15) is 18.7 Å². The molecule has 0 radical (unpaired) electrons. The summed E-state index contributed by atoms with van der Waals surface area (Å²) < 4.78 is 39.4. The Bertz CT molecular complexity index is 1030. The highest BCUT2D eigenvalue weighted by atomic mass is 35.5. The summed E-state index contributed by atoms with van der Waals surface area (Å²) in [4.78, 5) is 13.5. The number of benzene rings is 2. The van der Waals surface area contributed by atoms with E-state index in [1.165, 1.54) is 6.07 Å². The molecule has 4 rings (SSSR count). The predicted octanol–water partition coefficient (Wildman–Crippen LogP) is 4.31. The van der Waals surface area contributed by atoms with E-state index in [0.717, 1.165) is 11.6 Å². The van der Waals surface area contributed by atoms with Crippen LogP contribution in [0, 0.1) is 11.6 Å². The van der Waals surface area contributed by atoms with E-state index >= 15 is 0 Å². The molecule has 2 heterocycles. The second-order valence-electron chi connectivity index (χ2n) is 8.11. The van der Waals surface area contributed by atoms with Gasteiger partial charge in [-0.3, -0.25) is 4.79 Å². The summed E-state index contributed by atoms with van der Waals surface area (Å²) >= 11 is 6.20. The molecule has 0 aromatic heterocycles. The van der Waals surface area contributed by atoms with Gasteiger partial charge in [0, 0.05) is 37.2 Å². The van der Waals surface area contributed by atoms with Gasteiger partial charge in [0.05, 0.1) is 23.0 Å². The fourth-order valence-electron chi connectivity index (χ4n) is 4.11. The van der Waals surface area contributed by atoms with Crippen LogP contribution < -0.4 is 19.7 Å². The number of ether oxygens (including phenoxy) is 2. The van der Waals surface area contributed by atoms with Crippen LogP contribution in [-0.2, 0) is 11.2 Å². The maximum Gasteiger partial charge on any atom is 0.224 e. The van der Waals surface area contributed by atoms with Crippen LogP contribution in [0.5, 0.6) is 11.5 Å². The number of hydrogen-bond acceptors (Lipinski definition) is 5. The molecule has 0 spiro atoms. The molecule has 2 aromatic rings. The molecule has 9 heteroatoms. The van der Waals surface area contributed by atoms with Crippen molar-refractivity contribution in [1.82, 2.24) is 0 Å². The maximum atomic E-state index is 14.4. The number of anilines is 2. The van der Waals surface area contributed by atoms with Crippen molar-refractivity contribution in [2.24, 2.45) is 0 Å². The van der Waals surface area contributed by atoms with Gasteiger partial charge >= 0.3 is 0 Å². The van der Waals surface area contributed by atoms with Gasteiger partial charge in [0.2, 0.25) is 5.91 Å². The highest BCUT2D eigenvalue weighted by Crippen LogP contribution is 2.38. The zero-order valence-electron chi connectivity index (χ0n) is 17.7. The van der Waals surface area contributed by atoms with Gasteiger partial charge in [-0.05, 0) is 38.3 Å². The number of nitrogens with zero attached hydrogens (tertiary/aromatic N) is 1. The SMILES string of the molecule is CCOc1cc(N2CCC(O)(COc3ccc(Cl)c4c3CCC(=O)N4)CC2)c(F)cc1F. The molecule has 0 unspecified atom stereocenters. The van der Waals surface area contributed by atoms with Crippen LogP contribution in [0.3, 0.4) is 0 Å². The van der Waals surface area contributed by atoms with E-state index in [-0.39, 0.29) is 30.6 Å². The van der Waals surface area contributed by atoms with Crippen LogP contribution in [0.2, 0.25) is 5.02 Å². The highest BCUT2D eigenvalue weighted by molar-refractivity contribution is 6.34. The van der Waals surface area contributed by atoms with E-state index in [1.807, 2.05) is 0 Å². The first-order valence-corrected chi connectivity index (χ1v) is 11.0. The minimum atomic E-state index is -1.10. The number of halogens is 3. The molecule has 0 bridgehead atoms. The van der Waals surface area contributed by atoms with Gasteiger partial charge in [0.25, 0.3) is 0 Å². The number of carbonyl (C=O) groups excluding carboxylic acids is 1. The molecule has 172 valence electrons. The smallest absolute Gasteiger partial charge is 0.224 e. The number of amides is 1. The first kappa shape index (κ1) is 22.6. The molecule has 2 aliphatic rings. The Morgan fingerprint density at radius 1 is 1.12 bits per heavy atom. The minimum Gasteiger partial charge on any atom is -0.491 e. The normalized spacial score (nSPS) is 17.5. The molecule has 1 saturated heterocycles. The van der Waals surface area contributed by atoms with Crippen LogP contribution in [0.15, 0.2) is 24.3 Å². The summed E-state index contributed by atoms with van der Waals surface area (Å²) in [7, 11) is 0. The molecule has 6 nitrogen and oxygen atoms in total. The molecule has 1 amide bonds. The first-order valence-electron chi connectivity index (χ1n) is 10.6. The Labute approximate surface area is 190 Å². The third-order valence-corrected chi connectivity index (χ3v) is 6.23. The lowest BCUT2D eigenvalue weighted by Crippen LogP contribution is -2.48. The minimum absolute atomic E-state index is 0.00710. The van der Waals surface area contributed by atoms with Crippen molar-refractivity contribution < 1.29 is 28.2 Å². The number of rotatable bonds is 6. The Balaban J connectivity index is 1.42. The van der Waals surface area contributed by atoms with Crippen LogP contribution >= 0.6 is 11.6 Å². The third kappa shape index (κ3) is 4.61. The summed E-state index contributed by atoms with van der Waals surface area (Å²) in [6, 6.07) is 5.58. The summed E-state index contributed by atoms with van der Waals surface area (Å²) in [5.74, 6) is -0.915. The van der Waals surface area contributed by atoms with E-state index < -0.39 is 17.2 Å².